The Balaban J connectivity index is 1.71. The van der Waals surface area contributed by atoms with Crippen molar-refractivity contribution in [3.8, 4) is 0 Å². The quantitative estimate of drug-likeness (QED) is 0.266. The van der Waals surface area contributed by atoms with Gasteiger partial charge in [0, 0.05) is 22.2 Å². The Morgan fingerprint density at radius 2 is 2.21 bits per heavy atom. The fourth-order valence-electron chi connectivity index (χ4n) is 3.37. The van der Waals surface area contributed by atoms with Crippen molar-refractivity contribution in [3.05, 3.63) is 21.9 Å². The Kier molecular flexibility index (Phi) is 5.96. The third kappa shape index (κ3) is 4.16. The third-order valence-corrected chi connectivity index (χ3v) is 5.90. The first-order valence-corrected chi connectivity index (χ1v) is 9.71. The minimum Gasteiger partial charge on any atom is -0.384 e. The Hall–Kier alpha value is -2.50. The topological polar surface area (TPSA) is 147 Å². The van der Waals surface area contributed by atoms with E-state index in [0.29, 0.717) is 25.2 Å². The van der Waals surface area contributed by atoms with E-state index in [4.69, 9.17) is 20.6 Å². The first-order valence-electron chi connectivity index (χ1n) is 8.83. The fraction of sp³-hybridized carbons (Fsp3) is 0.529. The van der Waals surface area contributed by atoms with Gasteiger partial charge in [-0.2, -0.15) is 0 Å². The van der Waals surface area contributed by atoms with E-state index in [1.165, 1.54) is 16.2 Å². The second kappa shape index (κ2) is 8.25. The summed E-state index contributed by atoms with van der Waals surface area (Å²) in [5.41, 5.74) is 6.09. The molecule has 152 valence electrons. The molecular formula is C17H23N5O5S. The van der Waals surface area contributed by atoms with Crippen LogP contribution in [0.25, 0.3) is 0 Å². The van der Waals surface area contributed by atoms with E-state index in [1.807, 2.05) is 6.92 Å². The molecule has 2 saturated heterocycles. The van der Waals surface area contributed by atoms with Gasteiger partial charge in [0.05, 0.1) is 32.3 Å². The van der Waals surface area contributed by atoms with Crippen molar-refractivity contribution in [2.75, 3.05) is 26.3 Å². The van der Waals surface area contributed by atoms with Crippen molar-refractivity contribution in [3.63, 3.8) is 0 Å². The highest BCUT2D eigenvalue weighted by molar-refractivity contribution is 7.10. The van der Waals surface area contributed by atoms with Crippen LogP contribution < -0.4 is 16.4 Å². The molecule has 0 aromatic carbocycles. The van der Waals surface area contributed by atoms with Gasteiger partial charge in [-0.1, -0.05) is 0 Å². The molecule has 3 amide bonds. The van der Waals surface area contributed by atoms with E-state index < -0.39 is 11.8 Å². The number of rotatable bonds is 7. The molecule has 1 aromatic heterocycles. The summed E-state index contributed by atoms with van der Waals surface area (Å²) in [5, 5.41) is 14.5. The molecule has 5 N–H and O–H groups in total. The van der Waals surface area contributed by atoms with E-state index in [2.05, 4.69) is 10.6 Å². The molecule has 3 heterocycles. The van der Waals surface area contributed by atoms with Gasteiger partial charge in [0.15, 0.2) is 5.79 Å². The van der Waals surface area contributed by atoms with Crippen molar-refractivity contribution < 1.29 is 23.9 Å². The minimum absolute atomic E-state index is 0.0336. The number of ether oxygens (including phenoxy) is 2. The van der Waals surface area contributed by atoms with Crippen molar-refractivity contribution in [1.29, 1.82) is 5.41 Å². The Labute approximate surface area is 165 Å². The average molecular weight is 409 g/mol. The first-order chi connectivity index (χ1) is 13.3. The van der Waals surface area contributed by atoms with Gasteiger partial charge in [-0.05, 0) is 13.0 Å². The van der Waals surface area contributed by atoms with Crippen LogP contribution in [0, 0.1) is 5.41 Å². The molecule has 0 radical (unpaired) electrons. The number of amidine groups is 1. The molecule has 2 atom stereocenters. The fourth-order valence-corrected chi connectivity index (χ4v) is 4.29. The van der Waals surface area contributed by atoms with Crippen LogP contribution in [-0.2, 0) is 23.9 Å². The summed E-state index contributed by atoms with van der Waals surface area (Å²) < 4.78 is 11.3. The lowest BCUT2D eigenvalue weighted by molar-refractivity contribution is -0.152. The second-order valence-corrected chi connectivity index (χ2v) is 7.67. The number of amides is 3. The van der Waals surface area contributed by atoms with Gasteiger partial charge in [-0.25, -0.2) is 0 Å². The maximum atomic E-state index is 12.9. The number of nitrogens with two attached hydrogens (primary N) is 1. The Morgan fingerprint density at radius 1 is 1.50 bits per heavy atom. The molecule has 2 aliphatic heterocycles. The molecule has 3 rings (SSSR count). The molecule has 1 aromatic rings. The van der Waals surface area contributed by atoms with Gasteiger partial charge < -0.3 is 30.7 Å². The van der Waals surface area contributed by atoms with Crippen LogP contribution in [-0.4, -0.2) is 67.1 Å². The number of thiophene rings is 1. The average Bonchev–Trinajstić information content (AvgIpc) is 3.40. The van der Waals surface area contributed by atoms with Crippen LogP contribution in [0.2, 0.25) is 0 Å². The van der Waals surface area contributed by atoms with E-state index >= 15 is 0 Å². The van der Waals surface area contributed by atoms with Crippen molar-refractivity contribution >= 4 is 35.4 Å². The number of nitrogen functional groups attached to an aromatic ring is 1. The molecule has 2 aliphatic rings. The van der Waals surface area contributed by atoms with Crippen LogP contribution in [0.15, 0.2) is 11.4 Å². The number of likely N-dealkylation sites (tertiary alicyclic amines) is 1. The second-order valence-electron chi connectivity index (χ2n) is 6.73. The zero-order valence-electron chi connectivity index (χ0n) is 15.4. The monoisotopic (exact) mass is 409 g/mol. The van der Waals surface area contributed by atoms with Gasteiger partial charge >= 0.3 is 0 Å². The van der Waals surface area contributed by atoms with Crippen LogP contribution in [0.4, 0.5) is 0 Å². The Morgan fingerprint density at radius 3 is 2.82 bits per heavy atom. The standard InChI is InChI=1S/C17H23N5O5S/c1-10(13-4-11(7-28-13)15(18)19)21-16(25)12-5-17(26-2-3-27-17)8-22(12)14(24)6-20-9-23/h4,7,9-10,12H,2-3,5-6,8H2,1H3,(H3,18,19)(H,20,23)(H,21,25)/t10-,12?/m1/s1. The lowest BCUT2D eigenvalue weighted by atomic mass is 10.1. The maximum Gasteiger partial charge on any atom is 0.243 e. The highest BCUT2D eigenvalue weighted by atomic mass is 32.1. The van der Waals surface area contributed by atoms with E-state index in [1.54, 1.807) is 11.4 Å². The van der Waals surface area contributed by atoms with E-state index in [9.17, 15) is 14.4 Å². The lowest BCUT2D eigenvalue weighted by Gasteiger charge is -2.25. The summed E-state index contributed by atoms with van der Waals surface area (Å²) in [4.78, 5) is 38.1. The molecule has 0 aliphatic carbocycles. The van der Waals surface area contributed by atoms with Gasteiger partial charge in [0.2, 0.25) is 18.2 Å². The van der Waals surface area contributed by atoms with E-state index in [-0.39, 0.29) is 43.2 Å². The van der Waals surface area contributed by atoms with Crippen molar-refractivity contribution in [2.45, 2.75) is 31.2 Å². The molecule has 2 fully saturated rings. The number of nitrogens with zero attached hydrogens (tertiary/aromatic N) is 1. The Bertz CT molecular complexity index is 776. The van der Waals surface area contributed by atoms with Gasteiger partial charge in [0.1, 0.15) is 11.9 Å². The van der Waals surface area contributed by atoms with Crippen LogP contribution in [0.3, 0.4) is 0 Å². The number of carbonyl (C=O) groups is 3. The normalized spacial score (nSPS) is 21.5. The number of carbonyl (C=O) groups excluding carboxylic acids is 3. The highest BCUT2D eigenvalue weighted by Gasteiger charge is 2.52. The SMILES string of the molecule is C[C@@H](NC(=O)C1CC2(CN1C(=O)CNC=O)OCCO2)c1cc(C(=N)N)cs1. The summed E-state index contributed by atoms with van der Waals surface area (Å²) in [6.07, 6.45) is 0.661. The van der Waals surface area contributed by atoms with Crippen molar-refractivity contribution in [1.82, 2.24) is 15.5 Å². The summed E-state index contributed by atoms with van der Waals surface area (Å²) in [6, 6.07) is 0.667. The molecule has 11 heteroatoms. The molecule has 1 spiro atoms. The van der Waals surface area contributed by atoms with Crippen LogP contribution in [0.5, 0.6) is 0 Å². The minimum atomic E-state index is -0.979. The van der Waals surface area contributed by atoms with Crippen LogP contribution in [0.1, 0.15) is 29.8 Å². The first kappa shape index (κ1) is 20.2. The largest absolute Gasteiger partial charge is 0.384 e. The lowest BCUT2D eigenvalue weighted by Crippen LogP contribution is -2.48. The van der Waals surface area contributed by atoms with Crippen LogP contribution >= 0.6 is 11.3 Å². The number of hydrogen-bond donors (Lipinski definition) is 4. The maximum absolute atomic E-state index is 12.9. The highest BCUT2D eigenvalue weighted by Crippen LogP contribution is 2.35. The van der Waals surface area contributed by atoms with E-state index in [0.717, 1.165) is 4.88 Å². The predicted molar refractivity (Wildman–Crippen MR) is 101 cm³/mol. The summed E-state index contributed by atoms with van der Waals surface area (Å²) in [5.74, 6) is -1.73. The van der Waals surface area contributed by atoms with Gasteiger partial charge in [-0.3, -0.25) is 19.8 Å². The smallest absolute Gasteiger partial charge is 0.243 e. The summed E-state index contributed by atoms with van der Waals surface area (Å²) in [6.45, 7) is 2.56. The molecule has 1 unspecified atom stereocenters. The zero-order chi connectivity index (χ0) is 20.3. The predicted octanol–water partition coefficient (Wildman–Crippen LogP) is -0.701. The molecule has 0 bridgehead atoms. The zero-order valence-corrected chi connectivity index (χ0v) is 16.2. The molecule has 0 saturated carbocycles. The summed E-state index contributed by atoms with van der Waals surface area (Å²) >= 11 is 1.39. The number of hydrogen-bond acceptors (Lipinski definition) is 7. The van der Waals surface area contributed by atoms with Crippen molar-refractivity contribution in [2.24, 2.45) is 5.73 Å². The third-order valence-electron chi connectivity index (χ3n) is 4.78. The van der Waals surface area contributed by atoms with Gasteiger partial charge in [0.25, 0.3) is 0 Å². The summed E-state index contributed by atoms with van der Waals surface area (Å²) in [7, 11) is 0. The number of nitrogens with one attached hydrogen (secondary N) is 3. The van der Waals surface area contributed by atoms with Gasteiger partial charge in [-0.15, -0.1) is 11.3 Å². The molecule has 28 heavy (non-hydrogen) atoms. The molecule has 10 nitrogen and oxygen atoms in total. The molecular weight excluding hydrogens is 386 g/mol.